The van der Waals surface area contributed by atoms with Gasteiger partial charge in [0, 0.05) is 42.6 Å². The van der Waals surface area contributed by atoms with Crippen molar-refractivity contribution in [2.24, 2.45) is 0 Å². The van der Waals surface area contributed by atoms with Gasteiger partial charge in [-0.3, -0.25) is 9.59 Å². The highest BCUT2D eigenvalue weighted by atomic mass is 32.2. The van der Waals surface area contributed by atoms with Crippen LogP contribution in [0.4, 0.5) is 0 Å². The summed E-state index contributed by atoms with van der Waals surface area (Å²) in [6.07, 6.45) is 2.03. The fourth-order valence-corrected chi connectivity index (χ4v) is 4.80. The lowest BCUT2D eigenvalue weighted by molar-refractivity contribution is -0.153. The maximum atomic E-state index is 13.2. The molecule has 12 heteroatoms. The molecule has 0 amide bonds. The smallest absolute Gasteiger partial charge is 0.340 e. The number of aromatic amines is 2. The Hall–Kier alpha value is -3.22. The Labute approximate surface area is 209 Å². The average Bonchev–Trinajstić information content (AvgIpc) is 3.25. The van der Waals surface area contributed by atoms with E-state index in [2.05, 4.69) is 15.3 Å². The van der Waals surface area contributed by atoms with Crippen LogP contribution in [0.5, 0.6) is 0 Å². The molecule has 0 aliphatic rings. The summed E-state index contributed by atoms with van der Waals surface area (Å²) in [5, 5.41) is 3.57. The van der Waals surface area contributed by atoms with E-state index in [4.69, 9.17) is 9.47 Å². The molecule has 3 aromatic rings. The van der Waals surface area contributed by atoms with E-state index in [0.29, 0.717) is 22.7 Å². The van der Waals surface area contributed by atoms with Gasteiger partial charge in [0.2, 0.25) is 10.0 Å². The van der Waals surface area contributed by atoms with Gasteiger partial charge in [0.1, 0.15) is 11.1 Å². The molecule has 0 fully saturated rings. The number of rotatable bonds is 10. The van der Waals surface area contributed by atoms with Gasteiger partial charge in [0.25, 0.3) is 5.56 Å². The van der Waals surface area contributed by atoms with E-state index in [9.17, 15) is 22.8 Å². The van der Waals surface area contributed by atoms with Crippen molar-refractivity contribution >= 4 is 43.8 Å². The third kappa shape index (κ3) is 6.12. The number of pyridine rings is 1. The molecule has 0 unspecified atom stereocenters. The number of H-pyrrole nitrogens is 2. The Bertz CT molecular complexity index is 1430. The van der Waals surface area contributed by atoms with Crippen LogP contribution in [0.25, 0.3) is 21.8 Å². The average molecular weight is 521 g/mol. The largest absolute Gasteiger partial charge is 0.462 e. The number of likely N-dealkylation sites (N-methyl/N-ethyl adjacent to an activating group) is 1. The molecule has 0 radical (unpaired) electrons. The van der Waals surface area contributed by atoms with Gasteiger partial charge in [0.15, 0.2) is 0 Å². The SMILES string of the molecule is CCCOC(=O)c1c[nH]c2c(=O)[nH]c3ccc(S(=O)(=O)N(C)CCNCC(=O)OC(C)(C)C)cc3c12. The number of aromatic nitrogens is 2. The summed E-state index contributed by atoms with van der Waals surface area (Å²) in [6, 6.07) is 4.32. The normalized spacial score (nSPS) is 12.4. The highest BCUT2D eigenvalue weighted by Crippen LogP contribution is 2.28. The van der Waals surface area contributed by atoms with Gasteiger partial charge in [-0.15, -0.1) is 0 Å². The molecule has 0 aliphatic heterocycles. The van der Waals surface area contributed by atoms with Crippen LogP contribution < -0.4 is 10.9 Å². The minimum atomic E-state index is -3.91. The van der Waals surface area contributed by atoms with E-state index in [0.717, 1.165) is 4.31 Å². The minimum absolute atomic E-state index is 0.00735. The van der Waals surface area contributed by atoms with E-state index >= 15 is 0 Å². The molecular weight excluding hydrogens is 488 g/mol. The first kappa shape index (κ1) is 27.4. The highest BCUT2D eigenvalue weighted by molar-refractivity contribution is 7.89. The van der Waals surface area contributed by atoms with Crippen molar-refractivity contribution in [2.75, 3.05) is 33.3 Å². The number of carbonyl (C=O) groups excluding carboxylic acids is 2. The molecule has 1 aromatic carbocycles. The summed E-state index contributed by atoms with van der Waals surface area (Å²) in [5.41, 5.74) is -0.339. The quantitative estimate of drug-likeness (QED) is 0.272. The van der Waals surface area contributed by atoms with Crippen molar-refractivity contribution in [2.45, 2.75) is 44.6 Å². The van der Waals surface area contributed by atoms with Gasteiger partial charge < -0.3 is 24.8 Å². The third-order valence-corrected chi connectivity index (χ3v) is 7.13. The Morgan fingerprint density at radius 3 is 2.58 bits per heavy atom. The molecule has 0 atom stereocenters. The number of fused-ring (bicyclic) bond motifs is 3. The summed E-state index contributed by atoms with van der Waals surface area (Å²) in [4.78, 5) is 42.4. The Morgan fingerprint density at radius 1 is 1.19 bits per heavy atom. The number of carbonyl (C=O) groups is 2. The first-order valence-electron chi connectivity index (χ1n) is 11.6. The summed E-state index contributed by atoms with van der Waals surface area (Å²) in [7, 11) is -2.48. The van der Waals surface area contributed by atoms with Gasteiger partial charge in [-0.2, -0.15) is 4.31 Å². The predicted octanol–water partition coefficient (Wildman–Crippen LogP) is 2.13. The number of sulfonamides is 1. The van der Waals surface area contributed by atoms with Crippen molar-refractivity contribution in [3.63, 3.8) is 0 Å². The number of hydrogen-bond donors (Lipinski definition) is 3. The van der Waals surface area contributed by atoms with E-state index in [1.807, 2.05) is 6.92 Å². The summed E-state index contributed by atoms with van der Waals surface area (Å²) in [6.45, 7) is 7.67. The molecule has 2 heterocycles. The molecular formula is C24H32N4O7S. The molecule has 3 rings (SSSR count). The number of benzene rings is 1. The molecule has 36 heavy (non-hydrogen) atoms. The maximum Gasteiger partial charge on any atom is 0.340 e. The second kappa shape index (κ2) is 10.8. The van der Waals surface area contributed by atoms with E-state index in [-0.39, 0.29) is 42.2 Å². The van der Waals surface area contributed by atoms with Crippen LogP contribution in [0.3, 0.4) is 0 Å². The number of esters is 2. The highest BCUT2D eigenvalue weighted by Gasteiger charge is 2.24. The molecule has 196 valence electrons. The molecule has 0 aliphatic carbocycles. The number of nitrogens with zero attached hydrogens (tertiary/aromatic N) is 1. The zero-order valence-corrected chi connectivity index (χ0v) is 21.9. The summed E-state index contributed by atoms with van der Waals surface area (Å²) < 4.78 is 38.1. The minimum Gasteiger partial charge on any atom is -0.462 e. The first-order chi connectivity index (χ1) is 16.8. The van der Waals surface area contributed by atoms with Crippen molar-refractivity contribution in [1.29, 1.82) is 0 Å². The number of hydrogen-bond acceptors (Lipinski definition) is 8. The van der Waals surface area contributed by atoms with Gasteiger partial charge in [-0.25, -0.2) is 13.2 Å². The van der Waals surface area contributed by atoms with E-state index in [1.54, 1.807) is 20.8 Å². The topological polar surface area (TPSA) is 151 Å². The van der Waals surface area contributed by atoms with Crippen LogP contribution in [-0.4, -0.2) is 73.5 Å². The van der Waals surface area contributed by atoms with Gasteiger partial charge in [-0.1, -0.05) is 6.92 Å². The zero-order valence-electron chi connectivity index (χ0n) is 21.1. The lowest BCUT2D eigenvalue weighted by Crippen LogP contribution is -2.37. The Kier molecular flexibility index (Phi) is 8.22. The molecule has 0 saturated carbocycles. The monoisotopic (exact) mass is 520 g/mol. The molecule has 0 bridgehead atoms. The molecule has 0 spiro atoms. The van der Waals surface area contributed by atoms with Crippen LogP contribution in [0.1, 0.15) is 44.5 Å². The number of nitrogens with one attached hydrogen (secondary N) is 3. The molecule has 0 saturated heterocycles. The second-order valence-electron chi connectivity index (χ2n) is 9.34. The van der Waals surface area contributed by atoms with Crippen LogP contribution >= 0.6 is 0 Å². The fraction of sp³-hybridized carbons (Fsp3) is 0.458. The lowest BCUT2D eigenvalue weighted by Gasteiger charge is -2.20. The Balaban J connectivity index is 1.85. The zero-order chi connectivity index (χ0) is 26.7. The fourth-order valence-electron chi connectivity index (χ4n) is 3.60. The van der Waals surface area contributed by atoms with Gasteiger partial charge in [-0.05, 0) is 45.4 Å². The van der Waals surface area contributed by atoms with E-state index in [1.165, 1.54) is 31.4 Å². The maximum absolute atomic E-state index is 13.2. The third-order valence-electron chi connectivity index (χ3n) is 5.27. The van der Waals surface area contributed by atoms with Crippen LogP contribution in [0, 0.1) is 0 Å². The Morgan fingerprint density at radius 2 is 1.92 bits per heavy atom. The van der Waals surface area contributed by atoms with Crippen LogP contribution in [0.2, 0.25) is 0 Å². The van der Waals surface area contributed by atoms with Crippen LogP contribution in [0.15, 0.2) is 34.1 Å². The molecule has 3 N–H and O–H groups in total. The second-order valence-corrected chi connectivity index (χ2v) is 11.4. The van der Waals surface area contributed by atoms with Crippen LogP contribution in [-0.2, 0) is 24.3 Å². The predicted molar refractivity (Wildman–Crippen MR) is 136 cm³/mol. The lowest BCUT2D eigenvalue weighted by atomic mass is 10.1. The molecule has 2 aromatic heterocycles. The number of ether oxygens (including phenoxy) is 2. The van der Waals surface area contributed by atoms with E-state index < -0.39 is 33.1 Å². The molecule has 11 nitrogen and oxygen atoms in total. The van der Waals surface area contributed by atoms with Crippen molar-refractivity contribution in [3.8, 4) is 0 Å². The summed E-state index contributed by atoms with van der Waals surface area (Å²) in [5.74, 6) is -1.03. The van der Waals surface area contributed by atoms with Crippen molar-refractivity contribution in [3.05, 3.63) is 40.3 Å². The van der Waals surface area contributed by atoms with Crippen molar-refractivity contribution in [1.82, 2.24) is 19.6 Å². The van der Waals surface area contributed by atoms with Crippen molar-refractivity contribution < 1.29 is 27.5 Å². The first-order valence-corrected chi connectivity index (χ1v) is 13.0. The standard InChI is InChI=1S/C24H32N4O7S/c1-6-11-34-23(31)17-13-26-21-20(17)16-12-15(7-8-18(16)27-22(21)30)36(32,33)28(5)10-9-25-14-19(29)35-24(2,3)4/h7-8,12-13,25-26H,6,9-11,14H2,1-5H3,(H,27,30). The van der Waals surface area contributed by atoms with Gasteiger partial charge >= 0.3 is 11.9 Å². The summed E-state index contributed by atoms with van der Waals surface area (Å²) >= 11 is 0. The van der Waals surface area contributed by atoms with Gasteiger partial charge in [0.05, 0.1) is 23.6 Å².